The molecule has 3 nitrogen and oxygen atoms in total. The average Bonchev–Trinajstić information content (AvgIpc) is 2.58. The first-order valence-corrected chi connectivity index (χ1v) is 8.92. The van der Waals surface area contributed by atoms with Gasteiger partial charge in [-0.15, -0.1) is 0 Å². The van der Waals surface area contributed by atoms with Gasteiger partial charge in [0.2, 0.25) is 0 Å². The maximum atomic E-state index is 10.4. The Hall–Kier alpha value is -1.20. The standard InChI is InChI=1S/C19H23BrN2O/c20-18-8-6-17(7-9-18)19(23)15-22-12-10-21(11-13-22)14-16-4-2-1-3-5-16/h1-9,19,23H,10-15H2/t19-/m1/s1. The van der Waals surface area contributed by atoms with Gasteiger partial charge in [0, 0.05) is 43.7 Å². The minimum atomic E-state index is -0.413. The molecule has 0 bridgehead atoms. The molecule has 0 radical (unpaired) electrons. The molecule has 122 valence electrons. The maximum absolute atomic E-state index is 10.4. The molecule has 0 saturated carbocycles. The van der Waals surface area contributed by atoms with Gasteiger partial charge in [0.05, 0.1) is 6.10 Å². The number of halogens is 1. The highest BCUT2D eigenvalue weighted by Crippen LogP contribution is 2.18. The van der Waals surface area contributed by atoms with Crippen LogP contribution >= 0.6 is 15.9 Å². The number of nitrogens with zero attached hydrogens (tertiary/aromatic N) is 2. The molecule has 2 aromatic rings. The van der Waals surface area contributed by atoms with E-state index in [1.54, 1.807) is 0 Å². The van der Waals surface area contributed by atoms with Gasteiger partial charge in [-0.3, -0.25) is 9.80 Å². The molecule has 0 amide bonds. The van der Waals surface area contributed by atoms with E-state index < -0.39 is 6.10 Å². The summed E-state index contributed by atoms with van der Waals surface area (Å²) in [7, 11) is 0. The second-order valence-corrected chi connectivity index (χ2v) is 7.05. The number of rotatable bonds is 5. The SMILES string of the molecule is O[C@H](CN1CCN(Cc2ccccc2)CC1)c1ccc(Br)cc1. The third-order valence-electron chi connectivity index (χ3n) is 4.40. The molecular weight excluding hydrogens is 352 g/mol. The van der Waals surface area contributed by atoms with Crippen LogP contribution in [0.4, 0.5) is 0 Å². The first-order chi connectivity index (χ1) is 11.2. The molecule has 2 aromatic carbocycles. The normalized spacial score (nSPS) is 18.0. The van der Waals surface area contributed by atoms with Gasteiger partial charge in [0.25, 0.3) is 0 Å². The van der Waals surface area contributed by atoms with Crippen LogP contribution in [0.25, 0.3) is 0 Å². The zero-order valence-corrected chi connectivity index (χ0v) is 14.8. The molecule has 23 heavy (non-hydrogen) atoms. The minimum Gasteiger partial charge on any atom is -0.387 e. The lowest BCUT2D eigenvalue weighted by atomic mass is 10.1. The van der Waals surface area contributed by atoms with Crippen LogP contribution in [0, 0.1) is 0 Å². The van der Waals surface area contributed by atoms with Crippen LogP contribution in [-0.2, 0) is 6.54 Å². The first-order valence-electron chi connectivity index (χ1n) is 8.13. The molecule has 0 aromatic heterocycles. The summed E-state index contributed by atoms with van der Waals surface area (Å²) >= 11 is 3.43. The second-order valence-electron chi connectivity index (χ2n) is 6.13. The van der Waals surface area contributed by atoms with Crippen molar-refractivity contribution >= 4 is 15.9 Å². The van der Waals surface area contributed by atoms with Crippen LogP contribution in [0.15, 0.2) is 59.1 Å². The summed E-state index contributed by atoms with van der Waals surface area (Å²) < 4.78 is 1.04. The van der Waals surface area contributed by atoms with Gasteiger partial charge in [-0.1, -0.05) is 58.4 Å². The Balaban J connectivity index is 1.46. The highest BCUT2D eigenvalue weighted by molar-refractivity contribution is 9.10. The van der Waals surface area contributed by atoms with Crippen molar-refractivity contribution in [3.05, 3.63) is 70.2 Å². The number of β-amino-alcohol motifs (C(OH)–C–C–N with tert-alkyl or cyclic N) is 1. The average molecular weight is 375 g/mol. The van der Waals surface area contributed by atoms with E-state index in [2.05, 4.69) is 56.1 Å². The number of aliphatic hydroxyl groups is 1. The number of aliphatic hydroxyl groups excluding tert-OH is 1. The molecule has 1 saturated heterocycles. The Bertz CT molecular complexity index is 595. The van der Waals surface area contributed by atoms with Crippen molar-refractivity contribution < 1.29 is 5.11 Å². The third-order valence-corrected chi connectivity index (χ3v) is 4.93. The van der Waals surface area contributed by atoms with E-state index >= 15 is 0 Å². The van der Waals surface area contributed by atoms with Crippen LogP contribution < -0.4 is 0 Å². The molecule has 1 atom stereocenters. The molecule has 0 unspecified atom stereocenters. The fourth-order valence-electron chi connectivity index (χ4n) is 3.01. The Labute approximate surface area is 146 Å². The predicted octanol–water partition coefficient (Wildman–Crippen LogP) is 3.30. The monoisotopic (exact) mass is 374 g/mol. The highest BCUT2D eigenvalue weighted by atomic mass is 79.9. The number of benzene rings is 2. The summed E-state index contributed by atoms with van der Waals surface area (Å²) in [5.41, 5.74) is 2.36. The largest absolute Gasteiger partial charge is 0.387 e. The molecule has 1 aliphatic rings. The van der Waals surface area contributed by atoms with E-state index in [1.165, 1.54) is 5.56 Å². The van der Waals surface area contributed by atoms with E-state index in [-0.39, 0.29) is 0 Å². The molecular formula is C19H23BrN2O. The van der Waals surface area contributed by atoms with Gasteiger partial charge in [-0.05, 0) is 23.3 Å². The van der Waals surface area contributed by atoms with E-state index in [4.69, 9.17) is 0 Å². The van der Waals surface area contributed by atoms with E-state index in [0.717, 1.165) is 42.8 Å². The fourth-order valence-corrected chi connectivity index (χ4v) is 3.27. The molecule has 3 rings (SSSR count). The van der Waals surface area contributed by atoms with Gasteiger partial charge in [-0.2, -0.15) is 0 Å². The molecule has 1 heterocycles. The van der Waals surface area contributed by atoms with Crippen molar-refractivity contribution in [2.45, 2.75) is 12.6 Å². The lowest BCUT2D eigenvalue weighted by Crippen LogP contribution is -2.47. The van der Waals surface area contributed by atoms with Gasteiger partial charge in [0.15, 0.2) is 0 Å². The quantitative estimate of drug-likeness (QED) is 0.869. The predicted molar refractivity (Wildman–Crippen MR) is 97.3 cm³/mol. The Morgan fingerprint density at radius 1 is 0.870 bits per heavy atom. The van der Waals surface area contributed by atoms with Crippen molar-refractivity contribution in [1.82, 2.24) is 9.80 Å². The Morgan fingerprint density at radius 3 is 2.13 bits per heavy atom. The minimum absolute atomic E-state index is 0.413. The van der Waals surface area contributed by atoms with Crippen molar-refractivity contribution in [2.24, 2.45) is 0 Å². The van der Waals surface area contributed by atoms with Crippen molar-refractivity contribution in [2.75, 3.05) is 32.7 Å². The number of hydrogen-bond acceptors (Lipinski definition) is 3. The summed E-state index contributed by atoms with van der Waals surface area (Å²) in [5.74, 6) is 0. The highest BCUT2D eigenvalue weighted by Gasteiger charge is 2.19. The zero-order valence-electron chi connectivity index (χ0n) is 13.2. The zero-order chi connectivity index (χ0) is 16.1. The molecule has 0 spiro atoms. The summed E-state index contributed by atoms with van der Waals surface area (Å²) in [6.45, 7) is 5.87. The molecule has 4 heteroatoms. The van der Waals surface area contributed by atoms with Crippen LogP contribution in [0.1, 0.15) is 17.2 Å². The van der Waals surface area contributed by atoms with Gasteiger partial charge < -0.3 is 5.11 Å². The van der Waals surface area contributed by atoms with Crippen molar-refractivity contribution in [3.63, 3.8) is 0 Å². The molecule has 1 aliphatic heterocycles. The second kappa shape index (κ2) is 8.06. The lowest BCUT2D eigenvalue weighted by Gasteiger charge is -2.35. The van der Waals surface area contributed by atoms with E-state index in [0.29, 0.717) is 6.54 Å². The first kappa shape index (κ1) is 16.7. The van der Waals surface area contributed by atoms with Gasteiger partial charge in [0.1, 0.15) is 0 Å². The Kier molecular flexibility index (Phi) is 5.84. The van der Waals surface area contributed by atoms with Crippen molar-refractivity contribution in [1.29, 1.82) is 0 Å². The summed E-state index contributed by atoms with van der Waals surface area (Å²) in [5, 5.41) is 10.4. The fraction of sp³-hybridized carbons (Fsp3) is 0.368. The van der Waals surface area contributed by atoms with Crippen LogP contribution in [0.3, 0.4) is 0 Å². The maximum Gasteiger partial charge on any atom is 0.0916 e. The third kappa shape index (κ3) is 4.88. The molecule has 1 N–H and O–H groups in total. The summed E-state index contributed by atoms with van der Waals surface area (Å²) in [6.07, 6.45) is -0.413. The van der Waals surface area contributed by atoms with Gasteiger partial charge in [-0.25, -0.2) is 0 Å². The molecule has 1 fully saturated rings. The van der Waals surface area contributed by atoms with Gasteiger partial charge >= 0.3 is 0 Å². The summed E-state index contributed by atoms with van der Waals surface area (Å²) in [4.78, 5) is 4.84. The van der Waals surface area contributed by atoms with Crippen LogP contribution in [-0.4, -0.2) is 47.6 Å². The smallest absolute Gasteiger partial charge is 0.0916 e. The summed E-state index contributed by atoms with van der Waals surface area (Å²) in [6, 6.07) is 18.6. The topological polar surface area (TPSA) is 26.7 Å². The lowest BCUT2D eigenvalue weighted by molar-refractivity contribution is 0.0701. The molecule has 0 aliphatic carbocycles. The Morgan fingerprint density at radius 2 is 1.48 bits per heavy atom. The van der Waals surface area contributed by atoms with Crippen LogP contribution in [0.5, 0.6) is 0 Å². The number of hydrogen-bond donors (Lipinski definition) is 1. The van der Waals surface area contributed by atoms with E-state index in [1.807, 2.05) is 24.3 Å². The van der Waals surface area contributed by atoms with Crippen LogP contribution in [0.2, 0.25) is 0 Å². The van der Waals surface area contributed by atoms with Crippen molar-refractivity contribution in [3.8, 4) is 0 Å². The van der Waals surface area contributed by atoms with E-state index in [9.17, 15) is 5.11 Å². The number of piperazine rings is 1.